The second-order valence-electron chi connectivity index (χ2n) is 6.78. The normalized spacial score (nSPS) is 27.5. The van der Waals surface area contributed by atoms with Crippen LogP contribution in [0, 0.1) is 5.92 Å². The summed E-state index contributed by atoms with van der Waals surface area (Å²) in [5.41, 5.74) is 0.718. The van der Waals surface area contributed by atoms with Crippen LogP contribution in [0.15, 0.2) is 24.3 Å². The quantitative estimate of drug-likeness (QED) is 0.828. The predicted octanol–water partition coefficient (Wildman–Crippen LogP) is 1.81. The third kappa shape index (κ3) is 3.39. The molecule has 7 heteroatoms. The van der Waals surface area contributed by atoms with Gasteiger partial charge < -0.3 is 4.90 Å². The van der Waals surface area contributed by atoms with Crippen molar-refractivity contribution in [3.05, 3.63) is 29.3 Å². The number of carbonyl (C=O) groups excluding carboxylic acids is 1. The topological polar surface area (TPSA) is 57.7 Å². The number of anilines is 1. The summed E-state index contributed by atoms with van der Waals surface area (Å²) < 4.78 is 24.4. The maximum Gasteiger partial charge on any atom is 0.241 e. The summed E-state index contributed by atoms with van der Waals surface area (Å²) in [7, 11) is -3.13. The van der Waals surface area contributed by atoms with E-state index in [-0.39, 0.29) is 36.0 Å². The van der Waals surface area contributed by atoms with Gasteiger partial charge >= 0.3 is 0 Å². The number of carbonyl (C=O) groups is 1. The number of rotatable bonds is 3. The molecule has 3 rings (SSSR count). The van der Waals surface area contributed by atoms with Crippen LogP contribution in [0.25, 0.3) is 0 Å². The molecule has 1 aromatic rings. The molecule has 2 heterocycles. The maximum atomic E-state index is 12.7. The highest BCUT2D eigenvalue weighted by molar-refractivity contribution is 7.91. The zero-order valence-corrected chi connectivity index (χ0v) is 14.8. The van der Waals surface area contributed by atoms with Gasteiger partial charge in [-0.05, 0) is 30.2 Å². The molecule has 5 nitrogen and oxygen atoms in total. The Balaban J connectivity index is 1.96. The summed E-state index contributed by atoms with van der Waals surface area (Å²) in [6.45, 7) is 5.15. The van der Waals surface area contributed by atoms with E-state index in [1.165, 1.54) is 0 Å². The van der Waals surface area contributed by atoms with E-state index in [1.54, 1.807) is 29.2 Å². The Hall–Kier alpha value is -1.11. The van der Waals surface area contributed by atoms with E-state index >= 15 is 0 Å². The van der Waals surface area contributed by atoms with Gasteiger partial charge in [0.05, 0.1) is 24.1 Å². The Morgan fingerprint density at radius 1 is 1.17 bits per heavy atom. The van der Waals surface area contributed by atoms with Gasteiger partial charge in [0.15, 0.2) is 9.84 Å². The van der Waals surface area contributed by atoms with Crippen molar-refractivity contribution in [2.24, 2.45) is 5.92 Å². The van der Waals surface area contributed by atoms with Gasteiger partial charge in [0, 0.05) is 23.3 Å². The molecule has 2 atom stereocenters. The first-order chi connectivity index (χ1) is 10.8. The van der Waals surface area contributed by atoms with Crippen molar-refractivity contribution < 1.29 is 13.2 Å². The van der Waals surface area contributed by atoms with Crippen molar-refractivity contribution in [3.8, 4) is 0 Å². The first-order valence-electron chi connectivity index (χ1n) is 7.79. The van der Waals surface area contributed by atoms with E-state index in [2.05, 4.69) is 13.8 Å². The summed E-state index contributed by atoms with van der Waals surface area (Å²) in [6, 6.07) is 6.56. The molecule has 0 aromatic heterocycles. The summed E-state index contributed by atoms with van der Waals surface area (Å²) in [5.74, 6) is 0.489. The molecule has 0 radical (unpaired) electrons. The van der Waals surface area contributed by atoms with Gasteiger partial charge in [-0.15, -0.1) is 0 Å². The second-order valence-corrected chi connectivity index (χ2v) is 9.37. The van der Waals surface area contributed by atoms with Crippen molar-refractivity contribution in [1.29, 1.82) is 0 Å². The lowest BCUT2D eigenvalue weighted by Gasteiger charge is -2.44. The van der Waals surface area contributed by atoms with E-state index in [9.17, 15) is 13.2 Å². The number of halogens is 1. The van der Waals surface area contributed by atoms with Gasteiger partial charge in [0.2, 0.25) is 5.91 Å². The van der Waals surface area contributed by atoms with Gasteiger partial charge in [0.1, 0.15) is 0 Å². The first-order valence-corrected chi connectivity index (χ1v) is 9.99. The molecule has 0 saturated carbocycles. The molecule has 2 aliphatic heterocycles. The first kappa shape index (κ1) is 16.7. The fraction of sp³-hybridized carbons (Fsp3) is 0.562. The van der Waals surface area contributed by atoms with Crippen LogP contribution in [0.1, 0.15) is 13.8 Å². The van der Waals surface area contributed by atoms with Crippen LogP contribution in [-0.4, -0.2) is 55.9 Å². The number of amides is 1. The van der Waals surface area contributed by atoms with Gasteiger partial charge in [-0.25, -0.2) is 8.42 Å². The van der Waals surface area contributed by atoms with Crippen LogP contribution in [0.2, 0.25) is 5.02 Å². The molecule has 0 unspecified atom stereocenters. The molecule has 0 bridgehead atoms. The van der Waals surface area contributed by atoms with Crippen molar-refractivity contribution in [3.63, 3.8) is 0 Å². The standard InChI is InChI=1S/C16H21ClN2O3S/c1-11(2)7-18-8-16(20)19(13-5-3-12(17)4-6-13)15-10-23(21,22)9-14(15)18/h3-6,11,14-15H,7-10H2,1-2H3/t14-,15-/m1/s1. The summed E-state index contributed by atoms with van der Waals surface area (Å²) in [5, 5.41) is 0.593. The van der Waals surface area contributed by atoms with E-state index in [1.807, 2.05) is 4.90 Å². The molecule has 2 aliphatic rings. The Bertz CT molecular complexity index is 703. The van der Waals surface area contributed by atoms with Crippen LogP contribution in [0.3, 0.4) is 0 Å². The Kier molecular flexibility index (Phi) is 4.42. The summed E-state index contributed by atoms with van der Waals surface area (Å²) in [6.07, 6.45) is 0. The Morgan fingerprint density at radius 3 is 2.39 bits per heavy atom. The molecule has 2 saturated heterocycles. The smallest absolute Gasteiger partial charge is 0.241 e. The molecule has 1 aromatic carbocycles. The Labute approximate surface area is 142 Å². The zero-order valence-electron chi connectivity index (χ0n) is 13.3. The number of benzene rings is 1. The molecule has 1 amide bonds. The van der Waals surface area contributed by atoms with Gasteiger partial charge in [-0.2, -0.15) is 0 Å². The van der Waals surface area contributed by atoms with Gasteiger partial charge in [-0.1, -0.05) is 25.4 Å². The van der Waals surface area contributed by atoms with Crippen molar-refractivity contribution in [2.75, 3.05) is 29.5 Å². The predicted molar refractivity (Wildman–Crippen MR) is 91.6 cm³/mol. The number of fused-ring (bicyclic) bond motifs is 1. The average molecular weight is 357 g/mol. The van der Waals surface area contributed by atoms with Crippen LogP contribution >= 0.6 is 11.6 Å². The second kappa shape index (κ2) is 6.07. The largest absolute Gasteiger partial charge is 0.306 e. The minimum atomic E-state index is -3.13. The third-order valence-corrected chi connectivity index (χ3v) is 6.36. The lowest BCUT2D eigenvalue weighted by Crippen LogP contribution is -2.62. The molecular formula is C16H21ClN2O3S. The third-order valence-electron chi connectivity index (χ3n) is 4.41. The highest BCUT2D eigenvalue weighted by Gasteiger charge is 2.49. The maximum absolute atomic E-state index is 12.7. The minimum absolute atomic E-state index is 0.0284. The molecular weight excluding hydrogens is 336 g/mol. The van der Waals surface area contributed by atoms with Crippen LogP contribution in [-0.2, 0) is 14.6 Å². The number of hydrogen-bond donors (Lipinski definition) is 0. The van der Waals surface area contributed by atoms with E-state index in [4.69, 9.17) is 11.6 Å². The van der Waals surface area contributed by atoms with Crippen LogP contribution in [0.5, 0.6) is 0 Å². The van der Waals surface area contributed by atoms with Crippen molar-refractivity contribution in [2.45, 2.75) is 25.9 Å². The fourth-order valence-corrected chi connectivity index (χ4v) is 5.67. The van der Waals surface area contributed by atoms with E-state index in [0.717, 1.165) is 12.2 Å². The van der Waals surface area contributed by atoms with Crippen LogP contribution in [0.4, 0.5) is 5.69 Å². The lowest BCUT2D eigenvalue weighted by molar-refractivity contribution is -0.123. The highest BCUT2D eigenvalue weighted by atomic mass is 35.5. The van der Waals surface area contributed by atoms with E-state index in [0.29, 0.717) is 10.9 Å². The number of nitrogens with zero attached hydrogens (tertiary/aromatic N) is 2. The van der Waals surface area contributed by atoms with Gasteiger partial charge in [0.25, 0.3) is 0 Å². The lowest BCUT2D eigenvalue weighted by atomic mass is 10.0. The van der Waals surface area contributed by atoms with E-state index < -0.39 is 9.84 Å². The highest BCUT2D eigenvalue weighted by Crippen LogP contribution is 2.32. The molecule has 0 N–H and O–H groups in total. The minimum Gasteiger partial charge on any atom is -0.306 e. The number of hydrogen-bond acceptors (Lipinski definition) is 4. The van der Waals surface area contributed by atoms with Gasteiger partial charge in [-0.3, -0.25) is 9.69 Å². The molecule has 23 heavy (non-hydrogen) atoms. The summed E-state index contributed by atoms with van der Waals surface area (Å²) >= 11 is 5.92. The molecule has 0 spiro atoms. The average Bonchev–Trinajstić information content (AvgIpc) is 2.75. The monoisotopic (exact) mass is 356 g/mol. The van der Waals surface area contributed by atoms with Crippen molar-refractivity contribution in [1.82, 2.24) is 4.90 Å². The van der Waals surface area contributed by atoms with Crippen molar-refractivity contribution >= 4 is 33.0 Å². The number of sulfone groups is 1. The molecule has 2 fully saturated rings. The number of piperazine rings is 1. The molecule has 126 valence electrons. The zero-order chi connectivity index (χ0) is 16.8. The Morgan fingerprint density at radius 2 is 1.78 bits per heavy atom. The molecule has 0 aliphatic carbocycles. The SMILES string of the molecule is CC(C)CN1CC(=O)N(c2ccc(Cl)cc2)[C@@H]2CS(=O)(=O)C[C@H]21. The van der Waals surface area contributed by atoms with Crippen LogP contribution < -0.4 is 4.90 Å². The fourth-order valence-electron chi connectivity index (χ4n) is 3.56. The summed E-state index contributed by atoms with van der Waals surface area (Å²) in [4.78, 5) is 16.4.